The van der Waals surface area contributed by atoms with Crippen molar-refractivity contribution in [2.45, 2.75) is 77.9 Å². The average molecular weight is 343 g/mol. The van der Waals surface area contributed by atoms with Gasteiger partial charge in [-0.25, -0.2) is 4.79 Å². The molecule has 0 radical (unpaired) electrons. The summed E-state index contributed by atoms with van der Waals surface area (Å²) >= 11 is 0. The molecule has 0 aromatic carbocycles. The first kappa shape index (κ1) is 20.6. The van der Waals surface area contributed by atoms with Gasteiger partial charge in [0.15, 0.2) is 0 Å². The van der Waals surface area contributed by atoms with Crippen LogP contribution in [0.5, 0.6) is 0 Å². The maximum Gasteiger partial charge on any atom is 0.333 e. The van der Waals surface area contributed by atoms with Crippen molar-refractivity contribution in [1.29, 1.82) is 0 Å². The first-order chi connectivity index (χ1) is 11.1. The van der Waals surface area contributed by atoms with Gasteiger partial charge in [0, 0.05) is 19.4 Å². The van der Waals surface area contributed by atoms with E-state index in [1.165, 1.54) is 0 Å². The molecule has 0 unspecified atom stereocenters. The van der Waals surface area contributed by atoms with Crippen LogP contribution in [0.1, 0.15) is 66.7 Å². The first-order valence-corrected chi connectivity index (χ1v) is 8.41. The summed E-state index contributed by atoms with van der Waals surface area (Å²) in [6, 6.07) is 0. The van der Waals surface area contributed by atoms with Crippen LogP contribution in [0, 0.1) is 0 Å². The van der Waals surface area contributed by atoms with Crippen LogP contribution >= 0.6 is 0 Å². The summed E-state index contributed by atoms with van der Waals surface area (Å²) in [5.41, 5.74) is -0.763. The van der Waals surface area contributed by atoms with Gasteiger partial charge in [-0.3, -0.25) is 9.59 Å². The highest BCUT2D eigenvalue weighted by atomic mass is 16.7. The monoisotopic (exact) mass is 343 g/mol. The van der Waals surface area contributed by atoms with Gasteiger partial charge in [0.1, 0.15) is 0 Å². The second-order valence-corrected chi connectivity index (χ2v) is 7.10. The molecule has 2 amide bonds. The molecule has 1 fully saturated rings. The summed E-state index contributed by atoms with van der Waals surface area (Å²) in [4.78, 5) is 39.5. The lowest BCUT2D eigenvalue weighted by atomic mass is 10.0. The zero-order chi connectivity index (χ0) is 18.4. The van der Waals surface area contributed by atoms with E-state index in [1.807, 2.05) is 34.6 Å². The van der Waals surface area contributed by atoms with Crippen LogP contribution in [-0.2, 0) is 28.7 Å². The van der Waals surface area contributed by atoms with Crippen molar-refractivity contribution in [3.63, 3.8) is 0 Å². The number of rotatable bonds is 10. The van der Waals surface area contributed by atoms with Gasteiger partial charge >= 0.3 is 5.97 Å². The van der Waals surface area contributed by atoms with Crippen LogP contribution in [0.15, 0.2) is 0 Å². The molecular formula is C17H29NO6. The maximum atomic E-state index is 11.8. The van der Waals surface area contributed by atoms with E-state index in [1.54, 1.807) is 0 Å². The minimum absolute atomic E-state index is 0.0684. The normalized spacial score (nSPS) is 16.0. The molecule has 1 heterocycles. The molecule has 7 heteroatoms. The number of carbonyl (C=O) groups excluding carboxylic acids is 3. The van der Waals surface area contributed by atoms with E-state index < -0.39 is 23.4 Å². The Labute approximate surface area is 143 Å². The molecule has 0 atom stereocenters. The number of ether oxygens (including phenoxy) is 2. The maximum absolute atomic E-state index is 11.8. The quantitative estimate of drug-likeness (QED) is 0.566. The molecule has 0 N–H and O–H groups in total. The van der Waals surface area contributed by atoms with Crippen molar-refractivity contribution in [2.75, 3.05) is 13.2 Å². The van der Waals surface area contributed by atoms with Crippen molar-refractivity contribution >= 4 is 17.8 Å². The van der Waals surface area contributed by atoms with Crippen LogP contribution in [0.2, 0.25) is 0 Å². The van der Waals surface area contributed by atoms with Gasteiger partial charge in [-0.05, 0) is 47.5 Å². The Morgan fingerprint density at radius 1 is 1.00 bits per heavy atom. The van der Waals surface area contributed by atoms with E-state index in [0.717, 1.165) is 6.42 Å². The van der Waals surface area contributed by atoms with Crippen molar-refractivity contribution in [3.8, 4) is 0 Å². The van der Waals surface area contributed by atoms with Crippen LogP contribution in [0.25, 0.3) is 0 Å². The summed E-state index contributed by atoms with van der Waals surface area (Å²) in [5.74, 6) is -1.55. The fourth-order valence-corrected chi connectivity index (χ4v) is 2.32. The standard InChI is InChI=1S/C17H29NO6/c1-6-22-17(4,5)11-12-23-16(2,3)10-9-15(21)24-18-13(19)7-8-14(18)20/h6-12H2,1-5H3. The fourth-order valence-electron chi connectivity index (χ4n) is 2.32. The second-order valence-electron chi connectivity index (χ2n) is 7.10. The van der Waals surface area contributed by atoms with Crippen molar-refractivity contribution in [1.82, 2.24) is 5.06 Å². The summed E-state index contributed by atoms with van der Waals surface area (Å²) < 4.78 is 11.5. The van der Waals surface area contributed by atoms with Crippen LogP contribution in [-0.4, -0.2) is 47.3 Å². The molecule has 0 spiro atoms. The number of amides is 2. The van der Waals surface area contributed by atoms with Gasteiger partial charge < -0.3 is 14.3 Å². The smallest absolute Gasteiger partial charge is 0.333 e. The molecule has 7 nitrogen and oxygen atoms in total. The highest BCUT2D eigenvalue weighted by molar-refractivity contribution is 6.01. The van der Waals surface area contributed by atoms with E-state index >= 15 is 0 Å². The molecular weight excluding hydrogens is 314 g/mol. The summed E-state index contributed by atoms with van der Waals surface area (Å²) in [7, 11) is 0. The van der Waals surface area contributed by atoms with E-state index in [-0.39, 0.29) is 24.9 Å². The van der Waals surface area contributed by atoms with Crippen molar-refractivity contribution < 1.29 is 28.7 Å². The zero-order valence-electron chi connectivity index (χ0n) is 15.3. The topological polar surface area (TPSA) is 82.1 Å². The van der Waals surface area contributed by atoms with Crippen molar-refractivity contribution in [3.05, 3.63) is 0 Å². The predicted molar refractivity (Wildman–Crippen MR) is 86.8 cm³/mol. The van der Waals surface area contributed by atoms with E-state index in [2.05, 4.69) is 0 Å². The molecule has 138 valence electrons. The highest BCUT2D eigenvalue weighted by Crippen LogP contribution is 2.21. The van der Waals surface area contributed by atoms with Crippen LogP contribution in [0.3, 0.4) is 0 Å². The molecule has 1 saturated heterocycles. The van der Waals surface area contributed by atoms with E-state index in [4.69, 9.17) is 14.3 Å². The molecule has 1 aliphatic rings. The Kier molecular flexibility index (Phi) is 7.35. The van der Waals surface area contributed by atoms with Gasteiger partial charge in [-0.1, -0.05) is 0 Å². The van der Waals surface area contributed by atoms with E-state index in [0.29, 0.717) is 24.7 Å². The minimum Gasteiger partial charge on any atom is -0.376 e. The molecule has 0 aromatic rings. The molecule has 1 rings (SSSR count). The third kappa shape index (κ3) is 6.97. The zero-order valence-corrected chi connectivity index (χ0v) is 15.3. The third-order valence-electron chi connectivity index (χ3n) is 3.86. The van der Waals surface area contributed by atoms with Crippen LogP contribution < -0.4 is 0 Å². The first-order valence-electron chi connectivity index (χ1n) is 8.41. The Morgan fingerprint density at radius 2 is 1.54 bits per heavy atom. The lowest BCUT2D eigenvalue weighted by Gasteiger charge is -2.29. The van der Waals surface area contributed by atoms with Gasteiger partial charge in [-0.15, -0.1) is 5.06 Å². The summed E-state index contributed by atoms with van der Waals surface area (Å²) in [6.45, 7) is 10.9. The number of hydrogen-bond donors (Lipinski definition) is 0. The molecule has 0 aliphatic carbocycles. The third-order valence-corrected chi connectivity index (χ3v) is 3.86. The number of nitrogens with zero attached hydrogens (tertiary/aromatic N) is 1. The molecule has 0 saturated carbocycles. The molecule has 1 aliphatic heterocycles. The Bertz CT molecular complexity index is 456. The van der Waals surface area contributed by atoms with Gasteiger partial charge in [0.2, 0.25) is 0 Å². The lowest BCUT2D eigenvalue weighted by molar-refractivity contribution is -0.198. The Balaban J connectivity index is 2.32. The largest absolute Gasteiger partial charge is 0.376 e. The van der Waals surface area contributed by atoms with Gasteiger partial charge in [0.25, 0.3) is 11.8 Å². The number of imide groups is 1. The molecule has 24 heavy (non-hydrogen) atoms. The number of hydroxylamine groups is 2. The van der Waals surface area contributed by atoms with Crippen LogP contribution in [0.4, 0.5) is 0 Å². The Morgan fingerprint density at radius 3 is 2.08 bits per heavy atom. The summed E-state index contributed by atoms with van der Waals surface area (Å²) in [6.07, 6.45) is 1.42. The SMILES string of the molecule is CCOC(C)(C)CCOC(C)(C)CCC(=O)ON1C(=O)CCC1=O. The average Bonchev–Trinajstić information content (AvgIpc) is 2.76. The summed E-state index contributed by atoms with van der Waals surface area (Å²) in [5, 5.41) is 0.570. The second kappa shape index (κ2) is 8.58. The number of hydrogen-bond acceptors (Lipinski definition) is 6. The van der Waals surface area contributed by atoms with Gasteiger partial charge in [0.05, 0.1) is 24.2 Å². The molecule has 0 bridgehead atoms. The number of carbonyl (C=O) groups is 3. The lowest BCUT2D eigenvalue weighted by Crippen LogP contribution is -2.34. The minimum atomic E-state index is -0.607. The highest BCUT2D eigenvalue weighted by Gasteiger charge is 2.33. The van der Waals surface area contributed by atoms with E-state index in [9.17, 15) is 14.4 Å². The van der Waals surface area contributed by atoms with Gasteiger partial charge in [-0.2, -0.15) is 0 Å². The fraction of sp³-hybridized carbons (Fsp3) is 0.824. The van der Waals surface area contributed by atoms with Crippen molar-refractivity contribution in [2.24, 2.45) is 0 Å². The Hall–Kier alpha value is -1.47. The predicted octanol–water partition coefficient (Wildman–Crippen LogP) is 2.37. The molecule has 0 aromatic heterocycles.